The molecule has 0 unspecified atom stereocenters. The maximum Gasteiger partial charge on any atom is 0.407 e. The van der Waals surface area contributed by atoms with Crippen LogP contribution in [0.1, 0.15) is 44.0 Å². The van der Waals surface area contributed by atoms with Gasteiger partial charge in [-0.25, -0.2) is 4.79 Å². The van der Waals surface area contributed by atoms with Gasteiger partial charge in [-0.1, -0.05) is 12.1 Å². The van der Waals surface area contributed by atoms with Crippen LogP contribution in [0, 0.1) is 5.92 Å². The van der Waals surface area contributed by atoms with E-state index in [2.05, 4.69) is 5.32 Å². The van der Waals surface area contributed by atoms with Crippen molar-refractivity contribution in [3.63, 3.8) is 0 Å². The van der Waals surface area contributed by atoms with Gasteiger partial charge < -0.3 is 20.7 Å². The number of hydrogen-bond donors (Lipinski definition) is 2. The number of carbonyl (C=O) groups is 3. The van der Waals surface area contributed by atoms with Gasteiger partial charge in [0.05, 0.1) is 11.3 Å². The van der Waals surface area contributed by atoms with E-state index in [0.717, 1.165) is 17.7 Å². The van der Waals surface area contributed by atoms with Gasteiger partial charge in [-0.15, -0.1) is 11.8 Å². The van der Waals surface area contributed by atoms with Crippen molar-refractivity contribution in [3.05, 3.63) is 29.8 Å². The van der Waals surface area contributed by atoms with Crippen LogP contribution < -0.4 is 11.1 Å². The number of nitrogens with one attached hydrogen (secondary N) is 1. The van der Waals surface area contributed by atoms with Crippen molar-refractivity contribution in [2.45, 2.75) is 44.1 Å². The lowest BCUT2D eigenvalue weighted by atomic mass is 9.97. The average Bonchev–Trinajstić information content (AvgIpc) is 2.63. The molecule has 7 nitrogen and oxygen atoms in total. The molecule has 1 fully saturated rings. The third-order valence-corrected chi connectivity index (χ3v) is 5.32. The van der Waals surface area contributed by atoms with Gasteiger partial charge in [-0.05, 0) is 51.7 Å². The predicted molar refractivity (Wildman–Crippen MR) is 109 cm³/mol. The third kappa shape index (κ3) is 7.07. The first-order valence-corrected chi connectivity index (χ1v) is 10.4. The molecule has 0 bridgehead atoms. The summed E-state index contributed by atoms with van der Waals surface area (Å²) in [5.74, 6) is -0.170. The number of alkyl carbamates (subject to hydrolysis) is 1. The minimum Gasteiger partial charge on any atom is -0.444 e. The van der Waals surface area contributed by atoms with E-state index < -0.39 is 17.6 Å². The van der Waals surface area contributed by atoms with Gasteiger partial charge in [0.2, 0.25) is 5.91 Å². The Balaban J connectivity index is 1.96. The van der Waals surface area contributed by atoms with Crippen molar-refractivity contribution < 1.29 is 19.1 Å². The second-order valence-electron chi connectivity index (χ2n) is 7.89. The fraction of sp³-hybridized carbons (Fsp3) is 0.550. The van der Waals surface area contributed by atoms with E-state index >= 15 is 0 Å². The van der Waals surface area contributed by atoms with Crippen LogP contribution in [0.25, 0.3) is 0 Å². The summed E-state index contributed by atoms with van der Waals surface area (Å²) in [6.45, 7) is 7.18. The van der Waals surface area contributed by atoms with E-state index in [1.165, 1.54) is 11.8 Å². The number of likely N-dealkylation sites (tertiary alicyclic amines) is 1. The molecule has 0 spiro atoms. The maximum atomic E-state index is 13.0. The molecular weight excluding hydrogens is 378 g/mol. The number of thioether (sulfide) groups is 1. The number of piperidine rings is 1. The largest absolute Gasteiger partial charge is 0.444 e. The first-order valence-electron chi connectivity index (χ1n) is 9.42. The summed E-state index contributed by atoms with van der Waals surface area (Å²) in [5, 5.41) is 2.80. The minimum atomic E-state index is -0.537. The Labute approximate surface area is 170 Å². The Hall–Kier alpha value is -2.22. The second-order valence-corrected chi connectivity index (χ2v) is 8.91. The molecule has 1 aliphatic heterocycles. The first-order chi connectivity index (χ1) is 13.2. The highest BCUT2D eigenvalue weighted by molar-refractivity contribution is 8.00. The summed E-state index contributed by atoms with van der Waals surface area (Å²) in [6.07, 6.45) is 1.38. The van der Waals surface area contributed by atoms with Crippen LogP contribution in [-0.2, 0) is 9.53 Å². The van der Waals surface area contributed by atoms with E-state index in [-0.39, 0.29) is 17.6 Å². The normalized spacial score (nSPS) is 17.1. The van der Waals surface area contributed by atoms with Crippen LogP contribution in [-0.4, -0.2) is 53.8 Å². The molecular formula is C20H29N3O4S. The van der Waals surface area contributed by atoms with Crippen molar-refractivity contribution in [2.75, 3.05) is 25.4 Å². The predicted octanol–water partition coefficient (Wildman–Crippen LogP) is 2.64. The Morgan fingerprint density at radius 2 is 2.00 bits per heavy atom. The Bertz CT molecular complexity index is 718. The number of amides is 3. The molecule has 0 aliphatic carbocycles. The summed E-state index contributed by atoms with van der Waals surface area (Å²) in [5.41, 5.74) is 5.27. The number of rotatable bonds is 6. The zero-order valence-electron chi connectivity index (χ0n) is 16.7. The molecule has 1 aromatic carbocycles. The van der Waals surface area contributed by atoms with Crippen LogP contribution in [0.5, 0.6) is 0 Å². The number of nitrogens with zero attached hydrogens (tertiary/aromatic N) is 1. The van der Waals surface area contributed by atoms with Gasteiger partial charge >= 0.3 is 6.09 Å². The number of ether oxygens (including phenoxy) is 1. The highest BCUT2D eigenvalue weighted by Gasteiger charge is 2.26. The molecule has 8 heteroatoms. The van der Waals surface area contributed by atoms with Crippen LogP contribution in [0.3, 0.4) is 0 Å². The number of hydrogen-bond acceptors (Lipinski definition) is 5. The monoisotopic (exact) mass is 407 g/mol. The van der Waals surface area contributed by atoms with Crippen molar-refractivity contribution in [3.8, 4) is 0 Å². The number of carbonyl (C=O) groups excluding carboxylic acids is 3. The smallest absolute Gasteiger partial charge is 0.407 e. The zero-order valence-corrected chi connectivity index (χ0v) is 17.5. The summed E-state index contributed by atoms with van der Waals surface area (Å²) < 4.78 is 5.26. The average molecular weight is 408 g/mol. The topological polar surface area (TPSA) is 102 Å². The summed E-state index contributed by atoms with van der Waals surface area (Å²) >= 11 is 1.27. The Kier molecular flexibility index (Phi) is 7.74. The Morgan fingerprint density at radius 1 is 1.29 bits per heavy atom. The highest BCUT2D eigenvalue weighted by atomic mass is 32.2. The lowest BCUT2D eigenvalue weighted by Crippen LogP contribution is -2.44. The first kappa shape index (κ1) is 22.1. The van der Waals surface area contributed by atoms with E-state index in [0.29, 0.717) is 25.2 Å². The van der Waals surface area contributed by atoms with Crippen molar-refractivity contribution in [1.82, 2.24) is 10.2 Å². The summed E-state index contributed by atoms with van der Waals surface area (Å²) in [4.78, 5) is 38.5. The Morgan fingerprint density at radius 3 is 2.68 bits per heavy atom. The molecule has 1 aromatic rings. The standard InChI is InChI=1S/C20H29N3O4S/c1-20(2,3)27-19(26)22-11-14-7-6-10-23(12-14)18(25)15-8-4-5-9-16(15)28-13-17(21)24/h4-5,8-9,14H,6-7,10-13H2,1-3H3,(H2,21,24)(H,22,26)/t14-/m0/s1. The van der Waals surface area contributed by atoms with Gasteiger partial charge in [-0.2, -0.15) is 0 Å². The number of nitrogens with two attached hydrogens (primary N) is 1. The van der Waals surface area contributed by atoms with Crippen LogP contribution in [0.2, 0.25) is 0 Å². The van der Waals surface area contributed by atoms with Gasteiger partial charge in [0.25, 0.3) is 5.91 Å². The molecule has 3 N–H and O–H groups in total. The van der Waals surface area contributed by atoms with E-state index in [1.807, 2.05) is 43.9 Å². The van der Waals surface area contributed by atoms with Crippen molar-refractivity contribution in [2.24, 2.45) is 11.7 Å². The fourth-order valence-corrected chi connectivity index (χ4v) is 3.83. The molecule has 1 aliphatic rings. The molecule has 154 valence electrons. The SMILES string of the molecule is CC(C)(C)OC(=O)NC[C@@H]1CCCN(C(=O)c2ccccc2SCC(N)=O)C1. The zero-order chi connectivity index (χ0) is 20.7. The molecule has 0 aromatic heterocycles. The lowest BCUT2D eigenvalue weighted by Gasteiger charge is -2.33. The van der Waals surface area contributed by atoms with E-state index in [1.54, 1.807) is 6.07 Å². The molecule has 1 atom stereocenters. The van der Waals surface area contributed by atoms with Crippen LogP contribution in [0.4, 0.5) is 4.79 Å². The van der Waals surface area contributed by atoms with Crippen molar-refractivity contribution in [1.29, 1.82) is 0 Å². The van der Waals surface area contributed by atoms with Gasteiger partial charge in [-0.3, -0.25) is 9.59 Å². The van der Waals surface area contributed by atoms with Gasteiger partial charge in [0.15, 0.2) is 0 Å². The second kappa shape index (κ2) is 9.82. The fourth-order valence-electron chi connectivity index (χ4n) is 3.05. The van der Waals surface area contributed by atoms with Gasteiger partial charge in [0, 0.05) is 24.5 Å². The van der Waals surface area contributed by atoms with E-state index in [4.69, 9.17) is 10.5 Å². The maximum absolute atomic E-state index is 13.0. The molecule has 0 radical (unpaired) electrons. The van der Waals surface area contributed by atoms with Crippen LogP contribution >= 0.6 is 11.8 Å². The quantitative estimate of drug-likeness (QED) is 0.706. The molecule has 3 amide bonds. The minimum absolute atomic E-state index is 0.0606. The molecule has 1 saturated heterocycles. The highest BCUT2D eigenvalue weighted by Crippen LogP contribution is 2.25. The van der Waals surface area contributed by atoms with E-state index in [9.17, 15) is 14.4 Å². The lowest BCUT2D eigenvalue weighted by molar-refractivity contribution is -0.115. The number of benzene rings is 1. The third-order valence-electron chi connectivity index (χ3n) is 4.23. The molecule has 2 rings (SSSR count). The molecule has 0 saturated carbocycles. The van der Waals surface area contributed by atoms with Gasteiger partial charge in [0.1, 0.15) is 5.60 Å². The summed E-state index contributed by atoms with van der Waals surface area (Å²) in [6, 6.07) is 7.25. The van der Waals surface area contributed by atoms with Crippen molar-refractivity contribution >= 4 is 29.7 Å². The number of primary amides is 1. The molecule has 1 heterocycles. The van der Waals surface area contributed by atoms with Crippen LogP contribution in [0.15, 0.2) is 29.2 Å². The summed E-state index contributed by atoms with van der Waals surface area (Å²) in [7, 11) is 0. The molecule has 28 heavy (non-hydrogen) atoms.